The minimum Gasteiger partial charge on any atom is -0.494 e. The van der Waals surface area contributed by atoms with Gasteiger partial charge in [0.15, 0.2) is 0 Å². The highest BCUT2D eigenvalue weighted by atomic mass is 32.2. The van der Waals surface area contributed by atoms with E-state index in [2.05, 4.69) is 15.8 Å². The zero-order valence-electron chi connectivity index (χ0n) is 16.6. The summed E-state index contributed by atoms with van der Waals surface area (Å²) in [6.45, 7) is 6.42. The maximum Gasteiger partial charge on any atom is 0.269 e. The second-order valence-corrected chi connectivity index (χ2v) is 7.52. The van der Waals surface area contributed by atoms with Gasteiger partial charge < -0.3 is 4.74 Å². The van der Waals surface area contributed by atoms with Crippen LogP contribution in [-0.4, -0.2) is 29.2 Å². The Morgan fingerprint density at radius 2 is 1.90 bits per heavy atom. The number of thioether (sulfide) groups is 1. The van der Waals surface area contributed by atoms with Crippen molar-refractivity contribution in [2.24, 2.45) is 0 Å². The summed E-state index contributed by atoms with van der Waals surface area (Å²) in [7, 11) is 0. The van der Waals surface area contributed by atoms with Crippen LogP contribution < -0.4 is 15.6 Å². The van der Waals surface area contributed by atoms with Crippen molar-refractivity contribution in [3.63, 3.8) is 0 Å². The van der Waals surface area contributed by atoms with Crippen LogP contribution >= 0.6 is 11.8 Å². The molecule has 7 heteroatoms. The molecule has 0 unspecified atom stereocenters. The van der Waals surface area contributed by atoms with Crippen molar-refractivity contribution in [1.82, 2.24) is 15.8 Å². The number of aryl methyl sites for hydroxylation is 2. The van der Waals surface area contributed by atoms with E-state index in [0.717, 1.165) is 32.8 Å². The molecule has 2 amide bonds. The Morgan fingerprint density at radius 1 is 1.07 bits per heavy atom. The smallest absolute Gasteiger partial charge is 0.269 e. The molecule has 6 nitrogen and oxygen atoms in total. The predicted molar refractivity (Wildman–Crippen MR) is 115 cm³/mol. The van der Waals surface area contributed by atoms with Crippen molar-refractivity contribution in [2.45, 2.75) is 25.8 Å². The van der Waals surface area contributed by atoms with Gasteiger partial charge in [0.2, 0.25) is 5.91 Å². The van der Waals surface area contributed by atoms with E-state index in [-0.39, 0.29) is 17.6 Å². The molecule has 0 saturated carbocycles. The first-order valence-electron chi connectivity index (χ1n) is 9.29. The molecule has 0 aliphatic heterocycles. The van der Waals surface area contributed by atoms with E-state index >= 15 is 0 Å². The van der Waals surface area contributed by atoms with Crippen LogP contribution in [0.15, 0.2) is 53.6 Å². The molecule has 150 valence electrons. The number of rotatable bonds is 6. The number of hydrazine groups is 1. The monoisotopic (exact) mass is 409 g/mol. The summed E-state index contributed by atoms with van der Waals surface area (Å²) in [5.74, 6) is 0.302. The molecule has 0 saturated heterocycles. The number of amides is 2. The van der Waals surface area contributed by atoms with Crippen molar-refractivity contribution in [3.8, 4) is 5.75 Å². The van der Waals surface area contributed by atoms with Crippen molar-refractivity contribution in [1.29, 1.82) is 0 Å². The van der Waals surface area contributed by atoms with E-state index in [4.69, 9.17) is 4.74 Å². The molecule has 2 aromatic carbocycles. The van der Waals surface area contributed by atoms with Crippen LogP contribution in [0.3, 0.4) is 0 Å². The fourth-order valence-corrected chi connectivity index (χ4v) is 3.59. The zero-order valence-corrected chi connectivity index (χ0v) is 17.4. The lowest BCUT2D eigenvalue weighted by Gasteiger charge is -2.10. The van der Waals surface area contributed by atoms with Gasteiger partial charge in [-0.2, -0.15) is 0 Å². The average molecular weight is 410 g/mol. The molecule has 0 atom stereocenters. The first-order chi connectivity index (χ1) is 14.0. The Hall–Kier alpha value is -3.06. The number of carbonyl (C=O) groups excluding carboxylic acids is 2. The SMILES string of the molecule is CCOc1ccc2nc(SCC(=O)NNC(=O)c3cccc(C)c3)c(C)cc2c1. The van der Waals surface area contributed by atoms with Gasteiger partial charge in [-0.25, -0.2) is 4.98 Å². The van der Waals surface area contributed by atoms with E-state index in [0.29, 0.717) is 12.2 Å². The number of hydrogen-bond donors (Lipinski definition) is 2. The van der Waals surface area contributed by atoms with Crippen LogP contribution in [0, 0.1) is 13.8 Å². The van der Waals surface area contributed by atoms with Gasteiger partial charge in [-0.05, 0) is 62.7 Å². The van der Waals surface area contributed by atoms with Crippen molar-refractivity contribution < 1.29 is 14.3 Å². The number of fused-ring (bicyclic) bond motifs is 1. The zero-order chi connectivity index (χ0) is 20.8. The fourth-order valence-electron chi connectivity index (χ4n) is 2.80. The predicted octanol–water partition coefficient (Wildman–Crippen LogP) is 3.80. The largest absolute Gasteiger partial charge is 0.494 e. The number of nitrogens with one attached hydrogen (secondary N) is 2. The molecular formula is C22H23N3O3S. The van der Waals surface area contributed by atoms with Gasteiger partial charge in [0.25, 0.3) is 5.91 Å². The molecule has 3 aromatic rings. The third-order valence-corrected chi connectivity index (χ3v) is 5.27. The normalized spacial score (nSPS) is 10.6. The molecule has 0 aliphatic rings. The van der Waals surface area contributed by atoms with Crippen LogP contribution in [0.1, 0.15) is 28.4 Å². The van der Waals surface area contributed by atoms with E-state index in [1.807, 2.05) is 51.1 Å². The van der Waals surface area contributed by atoms with Crippen LogP contribution in [-0.2, 0) is 4.79 Å². The summed E-state index contributed by atoms with van der Waals surface area (Å²) in [6, 6.07) is 14.9. The van der Waals surface area contributed by atoms with E-state index in [1.165, 1.54) is 11.8 Å². The molecule has 1 aromatic heterocycles. The molecule has 0 radical (unpaired) electrons. The second kappa shape index (κ2) is 9.43. The van der Waals surface area contributed by atoms with Gasteiger partial charge in [0.1, 0.15) is 10.8 Å². The number of pyridine rings is 1. The summed E-state index contributed by atoms with van der Waals surface area (Å²) in [5.41, 5.74) is 8.18. The van der Waals surface area contributed by atoms with Crippen molar-refractivity contribution in [3.05, 3.63) is 65.2 Å². The Kier molecular flexibility index (Phi) is 6.72. The highest BCUT2D eigenvalue weighted by Gasteiger charge is 2.10. The Morgan fingerprint density at radius 3 is 2.66 bits per heavy atom. The maximum absolute atomic E-state index is 12.1. The molecular weight excluding hydrogens is 386 g/mol. The first-order valence-corrected chi connectivity index (χ1v) is 10.3. The van der Waals surface area contributed by atoms with Crippen LogP contribution in [0.4, 0.5) is 0 Å². The van der Waals surface area contributed by atoms with E-state index < -0.39 is 0 Å². The molecule has 0 aliphatic carbocycles. The lowest BCUT2D eigenvalue weighted by molar-refractivity contribution is -0.119. The van der Waals surface area contributed by atoms with Crippen molar-refractivity contribution >= 4 is 34.5 Å². The minimum absolute atomic E-state index is 0.143. The molecule has 0 fully saturated rings. The second-order valence-electron chi connectivity index (χ2n) is 6.56. The van der Waals surface area contributed by atoms with Gasteiger partial charge in [-0.15, -0.1) is 0 Å². The van der Waals surface area contributed by atoms with Gasteiger partial charge in [0, 0.05) is 10.9 Å². The number of hydrogen-bond acceptors (Lipinski definition) is 5. The number of aromatic nitrogens is 1. The van der Waals surface area contributed by atoms with Crippen LogP contribution in [0.2, 0.25) is 0 Å². The first kappa shape index (κ1) is 20.7. The number of nitrogens with zero attached hydrogens (tertiary/aromatic N) is 1. The third-order valence-electron chi connectivity index (χ3n) is 4.18. The molecule has 3 rings (SSSR count). The molecule has 1 heterocycles. The van der Waals surface area contributed by atoms with Crippen LogP contribution in [0.25, 0.3) is 10.9 Å². The molecule has 0 bridgehead atoms. The Bertz CT molecular complexity index is 1050. The summed E-state index contributed by atoms with van der Waals surface area (Å²) < 4.78 is 5.53. The Balaban J connectivity index is 1.58. The fraction of sp³-hybridized carbons (Fsp3) is 0.227. The maximum atomic E-state index is 12.1. The van der Waals surface area contributed by atoms with E-state index in [1.54, 1.807) is 18.2 Å². The van der Waals surface area contributed by atoms with Gasteiger partial charge >= 0.3 is 0 Å². The van der Waals surface area contributed by atoms with Gasteiger partial charge in [-0.3, -0.25) is 20.4 Å². The highest BCUT2D eigenvalue weighted by molar-refractivity contribution is 7.99. The highest BCUT2D eigenvalue weighted by Crippen LogP contribution is 2.26. The number of ether oxygens (including phenoxy) is 1. The lowest BCUT2D eigenvalue weighted by atomic mass is 10.1. The standard InChI is InChI=1S/C22H23N3O3S/c1-4-28-18-8-9-19-17(12-18)11-15(3)22(23-19)29-13-20(26)24-25-21(27)16-7-5-6-14(2)10-16/h5-12H,4,13H2,1-3H3,(H,24,26)(H,25,27). The summed E-state index contributed by atoms with van der Waals surface area (Å²) in [5, 5.41) is 1.77. The molecule has 29 heavy (non-hydrogen) atoms. The summed E-state index contributed by atoms with van der Waals surface area (Å²) in [6.07, 6.45) is 0. The topological polar surface area (TPSA) is 80.3 Å². The summed E-state index contributed by atoms with van der Waals surface area (Å²) in [4.78, 5) is 28.9. The quantitative estimate of drug-likeness (QED) is 0.478. The lowest BCUT2D eigenvalue weighted by Crippen LogP contribution is -2.42. The van der Waals surface area contributed by atoms with Gasteiger partial charge in [-0.1, -0.05) is 29.5 Å². The van der Waals surface area contributed by atoms with E-state index in [9.17, 15) is 9.59 Å². The van der Waals surface area contributed by atoms with Gasteiger partial charge in [0.05, 0.1) is 17.9 Å². The molecule has 2 N–H and O–H groups in total. The van der Waals surface area contributed by atoms with Crippen LogP contribution in [0.5, 0.6) is 5.75 Å². The minimum atomic E-state index is -0.350. The average Bonchev–Trinajstić information content (AvgIpc) is 2.70. The third kappa shape index (κ3) is 5.48. The Labute approximate surface area is 174 Å². The molecule has 0 spiro atoms. The number of carbonyl (C=O) groups is 2. The summed E-state index contributed by atoms with van der Waals surface area (Å²) >= 11 is 1.33. The number of benzene rings is 2. The van der Waals surface area contributed by atoms with Crippen molar-refractivity contribution in [2.75, 3.05) is 12.4 Å².